The van der Waals surface area contributed by atoms with Crippen molar-refractivity contribution < 1.29 is 4.79 Å². The van der Waals surface area contributed by atoms with Crippen LogP contribution in [-0.2, 0) is 6.42 Å². The summed E-state index contributed by atoms with van der Waals surface area (Å²) in [4.78, 5) is 18.2. The first-order chi connectivity index (χ1) is 9.79. The lowest BCUT2D eigenvalue weighted by Gasteiger charge is -2.30. The molecule has 0 saturated heterocycles. The van der Waals surface area contributed by atoms with Crippen LogP contribution >= 0.6 is 0 Å². The molecule has 1 aliphatic rings. The van der Waals surface area contributed by atoms with Crippen LogP contribution in [0.15, 0.2) is 42.6 Å². The van der Waals surface area contributed by atoms with E-state index in [0.717, 1.165) is 25.2 Å². The summed E-state index contributed by atoms with van der Waals surface area (Å²) < 4.78 is 0. The van der Waals surface area contributed by atoms with Gasteiger partial charge in [0.2, 0.25) is 0 Å². The summed E-state index contributed by atoms with van der Waals surface area (Å²) >= 11 is 0. The largest absolute Gasteiger partial charge is 0.355 e. The second-order valence-electron chi connectivity index (χ2n) is 4.87. The number of anilines is 2. The predicted molar refractivity (Wildman–Crippen MR) is 79.4 cm³/mol. The number of aryl methyl sites for hydroxylation is 1. The van der Waals surface area contributed by atoms with Gasteiger partial charge in [0.15, 0.2) is 0 Å². The van der Waals surface area contributed by atoms with Crippen molar-refractivity contribution in [3.63, 3.8) is 0 Å². The van der Waals surface area contributed by atoms with Gasteiger partial charge >= 0.3 is 0 Å². The fourth-order valence-electron chi connectivity index (χ4n) is 2.60. The number of rotatable bonds is 2. The van der Waals surface area contributed by atoms with Gasteiger partial charge in [-0.3, -0.25) is 4.79 Å². The molecule has 2 heterocycles. The number of carbonyl (C=O) groups is 1. The molecular formula is C16H17N3O. The van der Waals surface area contributed by atoms with Gasteiger partial charge in [-0.1, -0.05) is 18.2 Å². The van der Waals surface area contributed by atoms with Gasteiger partial charge in [0.1, 0.15) is 5.82 Å². The lowest BCUT2D eigenvalue weighted by Crippen LogP contribution is -2.25. The van der Waals surface area contributed by atoms with Gasteiger partial charge in [-0.2, -0.15) is 0 Å². The number of amides is 1. The first kappa shape index (κ1) is 12.7. The summed E-state index contributed by atoms with van der Waals surface area (Å²) in [7, 11) is 1.62. The van der Waals surface area contributed by atoms with Gasteiger partial charge < -0.3 is 10.2 Å². The lowest BCUT2D eigenvalue weighted by molar-refractivity contribution is 0.0963. The molecule has 2 aromatic rings. The first-order valence-electron chi connectivity index (χ1n) is 6.83. The minimum atomic E-state index is -0.108. The number of pyridine rings is 1. The maximum atomic E-state index is 11.5. The summed E-state index contributed by atoms with van der Waals surface area (Å²) in [6.07, 6.45) is 3.87. The molecular weight excluding hydrogens is 250 g/mol. The molecule has 4 nitrogen and oxygen atoms in total. The van der Waals surface area contributed by atoms with Crippen LogP contribution in [0.5, 0.6) is 0 Å². The Labute approximate surface area is 118 Å². The highest BCUT2D eigenvalue weighted by Gasteiger charge is 2.18. The zero-order chi connectivity index (χ0) is 13.9. The van der Waals surface area contributed by atoms with Crippen molar-refractivity contribution >= 4 is 17.4 Å². The van der Waals surface area contributed by atoms with E-state index in [1.165, 1.54) is 11.3 Å². The number of nitrogens with zero attached hydrogens (tertiary/aromatic N) is 2. The Morgan fingerprint density at radius 2 is 2.10 bits per heavy atom. The molecule has 3 rings (SSSR count). The molecule has 1 amide bonds. The number of aromatic nitrogens is 1. The Kier molecular flexibility index (Phi) is 3.37. The molecule has 0 atom stereocenters. The maximum Gasteiger partial charge on any atom is 0.252 e. The molecule has 0 radical (unpaired) electrons. The van der Waals surface area contributed by atoms with Crippen LogP contribution in [0.3, 0.4) is 0 Å². The number of para-hydroxylation sites is 1. The summed E-state index contributed by atoms with van der Waals surface area (Å²) in [5.41, 5.74) is 3.16. The van der Waals surface area contributed by atoms with E-state index < -0.39 is 0 Å². The van der Waals surface area contributed by atoms with Gasteiger partial charge in [-0.05, 0) is 36.6 Å². The standard InChI is InChI=1S/C16H17N3O/c1-17-16(20)13-8-9-15(18-11-13)19-10-4-6-12-5-2-3-7-14(12)19/h2-3,5,7-9,11H,4,6,10H2,1H3,(H,17,20). The van der Waals surface area contributed by atoms with Gasteiger partial charge in [0, 0.05) is 25.5 Å². The van der Waals surface area contributed by atoms with Crippen molar-refractivity contribution in [2.75, 3.05) is 18.5 Å². The summed E-state index contributed by atoms with van der Waals surface area (Å²) in [6.45, 7) is 0.962. The number of hydrogen-bond donors (Lipinski definition) is 1. The Morgan fingerprint density at radius 1 is 1.25 bits per heavy atom. The zero-order valence-electron chi connectivity index (χ0n) is 11.5. The minimum absolute atomic E-state index is 0.108. The monoisotopic (exact) mass is 267 g/mol. The minimum Gasteiger partial charge on any atom is -0.355 e. The quantitative estimate of drug-likeness (QED) is 0.909. The predicted octanol–water partition coefficient (Wildman–Crippen LogP) is 2.53. The molecule has 1 aromatic heterocycles. The second kappa shape index (κ2) is 5.33. The molecule has 0 fully saturated rings. The average Bonchev–Trinajstić information content (AvgIpc) is 2.54. The van der Waals surface area contributed by atoms with Crippen molar-refractivity contribution in [1.29, 1.82) is 0 Å². The van der Waals surface area contributed by atoms with Crippen molar-refractivity contribution in [1.82, 2.24) is 10.3 Å². The van der Waals surface area contributed by atoms with E-state index in [0.29, 0.717) is 5.56 Å². The molecule has 0 aliphatic carbocycles. The Morgan fingerprint density at radius 3 is 2.85 bits per heavy atom. The smallest absolute Gasteiger partial charge is 0.252 e. The average molecular weight is 267 g/mol. The highest BCUT2D eigenvalue weighted by atomic mass is 16.1. The molecule has 0 unspecified atom stereocenters. The van der Waals surface area contributed by atoms with Gasteiger partial charge in [0.25, 0.3) is 5.91 Å². The third kappa shape index (κ3) is 2.25. The van der Waals surface area contributed by atoms with Gasteiger partial charge in [-0.15, -0.1) is 0 Å². The van der Waals surface area contributed by atoms with E-state index in [9.17, 15) is 4.79 Å². The molecule has 1 aromatic carbocycles. The summed E-state index contributed by atoms with van der Waals surface area (Å²) in [6, 6.07) is 12.1. The van der Waals surface area contributed by atoms with Crippen LogP contribution < -0.4 is 10.2 Å². The second-order valence-corrected chi connectivity index (χ2v) is 4.87. The van der Waals surface area contributed by atoms with Crippen molar-refractivity contribution in [2.24, 2.45) is 0 Å². The number of fused-ring (bicyclic) bond motifs is 1. The lowest BCUT2D eigenvalue weighted by atomic mass is 10.0. The van der Waals surface area contributed by atoms with Crippen LogP contribution in [0.1, 0.15) is 22.3 Å². The fourth-order valence-corrected chi connectivity index (χ4v) is 2.60. The van der Waals surface area contributed by atoms with Crippen LogP contribution in [0.4, 0.5) is 11.5 Å². The van der Waals surface area contributed by atoms with E-state index in [-0.39, 0.29) is 5.91 Å². The van der Waals surface area contributed by atoms with Crippen LogP contribution in [0.25, 0.3) is 0 Å². The molecule has 0 spiro atoms. The third-order valence-electron chi connectivity index (χ3n) is 3.62. The molecule has 102 valence electrons. The van der Waals surface area contributed by atoms with E-state index in [4.69, 9.17) is 0 Å². The van der Waals surface area contributed by atoms with E-state index in [1.54, 1.807) is 13.2 Å². The summed E-state index contributed by atoms with van der Waals surface area (Å²) in [5.74, 6) is 0.785. The molecule has 0 saturated carbocycles. The molecule has 4 heteroatoms. The highest BCUT2D eigenvalue weighted by Crippen LogP contribution is 2.31. The van der Waals surface area contributed by atoms with E-state index in [1.807, 2.05) is 12.1 Å². The Hall–Kier alpha value is -2.36. The van der Waals surface area contributed by atoms with Crippen molar-refractivity contribution in [3.8, 4) is 0 Å². The summed E-state index contributed by atoms with van der Waals surface area (Å²) in [5, 5.41) is 2.60. The zero-order valence-corrected chi connectivity index (χ0v) is 11.5. The van der Waals surface area contributed by atoms with Crippen molar-refractivity contribution in [2.45, 2.75) is 12.8 Å². The third-order valence-corrected chi connectivity index (χ3v) is 3.62. The van der Waals surface area contributed by atoms with Gasteiger partial charge in [-0.25, -0.2) is 4.98 Å². The molecule has 20 heavy (non-hydrogen) atoms. The Balaban J connectivity index is 1.92. The fraction of sp³-hybridized carbons (Fsp3) is 0.250. The van der Waals surface area contributed by atoms with Crippen LogP contribution in [-0.4, -0.2) is 24.5 Å². The van der Waals surface area contributed by atoms with Crippen molar-refractivity contribution in [3.05, 3.63) is 53.7 Å². The Bertz CT molecular complexity index is 622. The van der Waals surface area contributed by atoms with Crippen LogP contribution in [0, 0.1) is 0 Å². The molecule has 0 bridgehead atoms. The maximum absolute atomic E-state index is 11.5. The van der Waals surface area contributed by atoms with Gasteiger partial charge in [0.05, 0.1) is 5.56 Å². The number of nitrogens with one attached hydrogen (secondary N) is 1. The number of carbonyl (C=O) groups excluding carboxylic acids is 1. The molecule has 1 aliphatic heterocycles. The van der Waals surface area contributed by atoms with Crippen LogP contribution in [0.2, 0.25) is 0 Å². The first-order valence-corrected chi connectivity index (χ1v) is 6.83. The van der Waals surface area contributed by atoms with E-state index in [2.05, 4.69) is 39.5 Å². The SMILES string of the molecule is CNC(=O)c1ccc(N2CCCc3ccccc32)nc1. The molecule has 1 N–H and O–H groups in total. The normalized spacial score (nSPS) is 13.8. The number of benzene rings is 1. The van der Waals surface area contributed by atoms with E-state index >= 15 is 0 Å². The number of hydrogen-bond acceptors (Lipinski definition) is 3. The topological polar surface area (TPSA) is 45.2 Å². The highest BCUT2D eigenvalue weighted by molar-refractivity contribution is 5.93.